The highest BCUT2D eigenvalue weighted by Crippen LogP contribution is 2.43. The number of aromatic amines is 1. The third kappa shape index (κ3) is 4.44. The first-order chi connectivity index (χ1) is 15.5. The lowest BCUT2D eigenvalue weighted by molar-refractivity contribution is 0.322. The molecule has 0 amide bonds. The summed E-state index contributed by atoms with van der Waals surface area (Å²) in [6.07, 6.45) is 9.41. The van der Waals surface area contributed by atoms with E-state index >= 15 is 0 Å². The molecule has 1 aliphatic rings. The molecule has 1 aliphatic carbocycles. The molecule has 0 atom stereocenters. The Kier molecular flexibility index (Phi) is 6.39. The Balaban J connectivity index is 1.45. The van der Waals surface area contributed by atoms with Gasteiger partial charge in [0.2, 0.25) is 5.75 Å². The molecule has 1 aromatic carbocycles. The van der Waals surface area contributed by atoms with Crippen molar-refractivity contribution in [2.24, 2.45) is 7.05 Å². The number of nitrogens with zero attached hydrogens (tertiary/aromatic N) is 2. The zero-order valence-corrected chi connectivity index (χ0v) is 19.0. The second-order valence-corrected chi connectivity index (χ2v) is 8.19. The van der Waals surface area contributed by atoms with Crippen LogP contribution in [0.3, 0.4) is 0 Å². The SMILES string of the molecule is COc1cc(C2CCC(Nc3cc(-c4cnn(C)c4)c[nH]c3=O)CC2)cc(OC)c1OC. The van der Waals surface area contributed by atoms with Gasteiger partial charge in [0.25, 0.3) is 5.56 Å². The second-order valence-electron chi connectivity index (χ2n) is 8.19. The Morgan fingerprint density at radius 1 is 1.00 bits per heavy atom. The van der Waals surface area contributed by atoms with Crippen LogP contribution in [0.25, 0.3) is 11.1 Å². The lowest BCUT2D eigenvalue weighted by Crippen LogP contribution is -2.28. The van der Waals surface area contributed by atoms with Gasteiger partial charge in [-0.25, -0.2) is 0 Å². The number of anilines is 1. The lowest BCUT2D eigenvalue weighted by Gasteiger charge is -2.30. The standard InChI is InChI=1S/C24H30N4O4/c1-28-14-18(13-26-28)17-9-20(24(29)25-12-17)27-19-7-5-15(6-8-19)16-10-21(30-2)23(32-4)22(11-16)31-3/h9-15,19,27H,5-8H2,1-4H3,(H,25,29). The summed E-state index contributed by atoms with van der Waals surface area (Å²) >= 11 is 0. The van der Waals surface area contributed by atoms with Gasteiger partial charge in [-0.2, -0.15) is 5.10 Å². The van der Waals surface area contributed by atoms with Crippen LogP contribution in [0.2, 0.25) is 0 Å². The first-order valence-electron chi connectivity index (χ1n) is 10.8. The molecule has 0 unspecified atom stereocenters. The number of hydrogen-bond acceptors (Lipinski definition) is 6. The molecule has 2 N–H and O–H groups in total. The number of H-pyrrole nitrogens is 1. The molecule has 8 nitrogen and oxygen atoms in total. The highest BCUT2D eigenvalue weighted by Gasteiger charge is 2.25. The van der Waals surface area contributed by atoms with Crippen LogP contribution in [-0.2, 0) is 7.05 Å². The van der Waals surface area contributed by atoms with Gasteiger partial charge in [-0.1, -0.05) is 0 Å². The largest absolute Gasteiger partial charge is 0.493 e. The Labute approximate surface area is 187 Å². The van der Waals surface area contributed by atoms with Crippen molar-refractivity contribution in [1.82, 2.24) is 14.8 Å². The molecule has 3 aromatic rings. The highest BCUT2D eigenvalue weighted by atomic mass is 16.5. The quantitative estimate of drug-likeness (QED) is 0.581. The number of hydrogen-bond donors (Lipinski definition) is 2. The predicted octanol–water partition coefficient (Wildman–Crippen LogP) is 3.94. The second kappa shape index (κ2) is 9.38. The summed E-state index contributed by atoms with van der Waals surface area (Å²) in [5.74, 6) is 2.38. The maximum absolute atomic E-state index is 12.4. The molecule has 32 heavy (non-hydrogen) atoms. The number of ether oxygens (including phenoxy) is 3. The summed E-state index contributed by atoms with van der Waals surface area (Å²) in [5.41, 5.74) is 3.59. The van der Waals surface area contributed by atoms with E-state index in [0.717, 1.165) is 36.8 Å². The number of nitrogens with one attached hydrogen (secondary N) is 2. The van der Waals surface area contributed by atoms with Gasteiger partial charge in [-0.15, -0.1) is 0 Å². The lowest BCUT2D eigenvalue weighted by atomic mass is 9.81. The molecular formula is C24H30N4O4. The van der Waals surface area contributed by atoms with Crippen LogP contribution in [0.5, 0.6) is 17.2 Å². The van der Waals surface area contributed by atoms with E-state index in [0.29, 0.717) is 28.9 Å². The summed E-state index contributed by atoms with van der Waals surface area (Å²) in [5, 5.41) is 7.67. The number of aryl methyl sites for hydroxylation is 1. The molecule has 0 spiro atoms. The van der Waals surface area contributed by atoms with Crippen molar-refractivity contribution in [1.29, 1.82) is 0 Å². The Morgan fingerprint density at radius 2 is 1.69 bits per heavy atom. The van der Waals surface area contributed by atoms with E-state index < -0.39 is 0 Å². The van der Waals surface area contributed by atoms with E-state index in [4.69, 9.17) is 14.2 Å². The van der Waals surface area contributed by atoms with E-state index in [1.54, 1.807) is 38.4 Å². The molecular weight excluding hydrogens is 408 g/mol. The average molecular weight is 439 g/mol. The Hall–Kier alpha value is -3.42. The molecule has 170 valence electrons. The number of rotatable bonds is 7. The van der Waals surface area contributed by atoms with E-state index in [1.807, 2.05) is 31.4 Å². The zero-order chi connectivity index (χ0) is 22.7. The van der Waals surface area contributed by atoms with Gasteiger partial charge in [0, 0.05) is 36.6 Å². The van der Waals surface area contributed by atoms with Crippen LogP contribution in [0, 0.1) is 0 Å². The van der Waals surface area contributed by atoms with Crippen LogP contribution in [0.4, 0.5) is 5.69 Å². The van der Waals surface area contributed by atoms with Crippen molar-refractivity contribution in [3.63, 3.8) is 0 Å². The van der Waals surface area contributed by atoms with Gasteiger partial charge in [-0.3, -0.25) is 9.48 Å². The van der Waals surface area contributed by atoms with E-state index in [9.17, 15) is 4.79 Å². The van der Waals surface area contributed by atoms with Gasteiger partial charge in [0.1, 0.15) is 5.69 Å². The van der Waals surface area contributed by atoms with Crippen LogP contribution < -0.4 is 25.1 Å². The van der Waals surface area contributed by atoms with Crippen molar-refractivity contribution < 1.29 is 14.2 Å². The normalized spacial score (nSPS) is 18.2. The fourth-order valence-electron chi connectivity index (χ4n) is 4.46. The first kappa shape index (κ1) is 21.8. The van der Waals surface area contributed by atoms with E-state index in [1.165, 1.54) is 5.56 Å². The molecule has 2 aromatic heterocycles. The van der Waals surface area contributed by atoms with Crippen LogP contribution in [-0.4, -0.2) is 42.1 Å². The minimum Gasteiger partial charge on any atom is -0.493 e. The predicted molar refractivity (Wildman–Crippen MR) is 124 cm³/mol. The van der Waals surface area contributed by atoms with Gasteiger partial charge in [-0.05, 0) is 55.4 Å². The first-order valence-corrected chi connectivity index (χ1v) is 10.8. The minimum atomic E-state index is -0.107. The summed E-state index contributed by atoms with van der Waals surface area (Å²) in [7, 11) is 6.76. The zero-order valence-electron chi connectivity index (χ0n) is 19.0. The summed E-state index contributed by atoms with van der Waals surface area (Å²) in [6, 6.07) is 6.24. The van der Waals surface area contributed by atoms with Crippen LogP contribution >= 0.6 is 0 Å². The van der Waals surface area contributed by atoms with Gasteiger partial charge in [0.15, 0.2) is 11.5 Å². The number of pyridine rings is 1. The molecule has 0 saturated heterocycles. The third-order valence-electron chi connectivity index (χ3n) is 6.19. The smallest absolute Gasteiger partial charge is 0.271 e. The van der Waals surface area contributed by atoms with Crippen molar-refractivity contribution >= 4 is 5.69 Å². The maximum Gasteiger partial charge on any atom is 0.271 e. The summed E-state index contributed by atoms with van der Waals surface area (Å²) < 4.78 is 18.2. The number of benzene rings is 1. The van der Waals surface area contributed by atoms with E-state index in [2.05, 4.69) is 15.4 Å². The monoisotopic (exact) mass is 438 g/mol. The fraction of sp³-hybridized carbons (Fsp3) is 0.417. The fourth-order valence-corrected chi connectivity index (χ4v) is 4.46. The molecule has 0 aliphatic heterocycles. The summed E-state index contributed by atoms with van der Waals surface area (Å²) in [4.78, 5) is 15.2. The van der Waals surface area contributed by atoms with Crippen molar-refractivity contribution in [3.05, 3.63) is 52.7 Å². The van der Waals surface area contributed by atoms with Crippen molar-refractivity contribution in [2.75, 3.05) is 26.6 Å². The summed E-state index contributed by atoms with van der Waals surface area (Å²) in [6.45, 7) is 0. The van der Waals surface area contributed by atoms with Gasteiger partial charge < -0.3 is 24.5 Å². The van der Waals surface area contributed by atoms with Gasteiger partial charge >= 0.3 is 0 Å². The maximum atomic E-state index is 12.4. The molecule has 0 bridgehead atoms. The number of aromatic nitrogens is 3. The number of methoxy groups -OCH3 is 3. The minimum absolute atomic E-state index is 0.107. The highest BCUT2D eigenvalue weighted by molar-refractivity contribution is 5.65. The third-order valence-corrected chi connectivity index (χ3v) is 6.19. The topological polar surface area (TPSA) is 90.4 Å². The van der Waals surface area contributed by atoms with Crippen molar-refractivity contribution in [2.45, 2.75) is 37.6 Å². The van der Waals surface area contributed by atoms with Crippen molar-refractivity contribution in [3.8, 4) is 28.4 Å². The van der Waals surface area contributed by atoms with Gasteiger partial charge in [0.05, 0.1) is 27.5 Å². The molecule has 2 heterocycles. The Morgan fingerprint density at radius 3 is 2.25 bits per heavy atom. The molecule has 1 saturated carbocycles. The van der Waals surface area contributed by atoms with Crippen LogP contribution in [0.1, 0.15) is 37.2 Å². The van der Waals surface area contributed by atoms with Crippen LogP contribution in [0.15, 0.2) is 41.6 Å². The molecule has 1 fully saturated rings. The Bertz CT molecular complexity index is 1100. The average Bonchev–Trinajstić information content (AvgIpc) is 3.26. The molecule has 8 heteroatoms. The molecule has 0 radical (unpaired) electrons. The molecule has 4 rings (SSSR count). The van der Waals surface area contributed by atoms with E-state index in [-0.39, 0.29) is 11.6 Å².